The number of para-hydroxylation sites is 1. The molecule has 0 N–H and O–H groups in total. The van der Waals surface area contributed by atoms with Gasteiger partial charge in [-0.1, -0.05) is 86.6 Å². The van der Waals surface area contributed by atoms with Crippen LogP contribution in [-0.2, 0) is 5.41 Å². The fourth-order valence-corrected chi connectivity index (χ4v) is 6.69. The van der Waals surface area contributed by atoms with Gasteiger partial charge in [0.05, 0.1) is 11.0 Å². The quantitative estimate of drug-likeness (QED) is 0.238. The van der Waals surface area contributed by atoms with Gasteiger partial charge in [0.25, 0.3) is 0 Å². The molecule has 2 aromatic heterocycles. The lowest BCUT2D eigenvalue weighted by Crippen LogP contribution is -2.23. The van der Waals surface area contributed by atoms with Crippen molar-refractivity contribution in [3.63, 3.8) is 0 Å². The molecule has 0 aliphatic heterocycles. The maximum absolute atomic E-state index is 4.18. The minimum atomic E-state index is -0.0696. The number of fused-ring (bicyclic) bond motifs is 6. The molecule has 0 unspecified atom stereocenters. The summed E-state index contributed by atoms with van der Waals surface area (Å²) < 4.78 is 2.47. The summed E-state index contributed by atoms with van der Waals surface area (Å²) in [6, 6.07) is 40.1. The highest BCUT2D eigenvalue weighted by atomic mass is 15.0. The van der Waals surface area contributed by atoms with Crippen molar-refractivity contribution in [3.8, 4) is 27.9 Å². The van der Waals surface area contributed by atoms with Crippen molar-refractivity contribution in [2.75, 3.05) is 0 Å². The van der Waals surface area contributed by atoms with Crippen LogP contribution < -0.4 is 0 Å². The molecule has 0 atom stereocenters. The summed E-state index contributed by atoms with van der Waals surface area (Å²) in [5, 5.41) is 5.27. The lowest BCUT2D eigenvalue weighted by Gasteiger charge is -2.35. The fourth-order valence-electron chi connectivity index (χ4n) is 6.69. The Bertz CT molecular complexity index is 2030. The van der Waals surface area contributed by atoms with Gasteiger partial charge in [0, 0.05) is 39.8 Å². The van der Waals surface area contributed by atoms with E-state index in [1.807, 2.05) is 12.4 Å². The van der Waals surface area contributed by atoms with Gasteiger partial charge < -0.3 is 4.57 Å². The van der Waals surface area contributed by atoms with Crippen LogP contribution in [0.3, 0.4) is 0 Å². The van der Waals surface area contributed by atoms with E-state index in [2.05, 4.69) is 133 Å². The average Bonchev–Trinajstić information content (AvgIpc) is 3.30. The van der Waals surface area contributed by atoms with Crippen LogP contribution in [0, 0.1) is 0 Å². The summed E-state index contributed by atoms with van der Waals surface area (Å²) in [5.41, 5.74) is 11.5. The van der Waals surface area contributed by atoms with Gasteiger partial charge >= 0.3 is 0 Å². The number of benzene rings is 5. The molecular weight excluding hydrogens is 460 g/mol. The molecule has 2 nitrogen and oxygen atoms in total. The minimum Gasteiger partial charge on any atom is -0.309 e. The van der Waals surface area contributed by atoms with Gasteiger partial charge in [-0.15, -0.1) is 0 Å². The fraction of sp³-hybridized carbons (Fsp3) is 0.0833. The van der Waals surface area contributed by atoms with Crippen LogP contribution in [0.15, 0.2) is 122 Å². The second kappa shape index (κ2) is 7.66. The summed E-state index contributed by atoms with van der Waals surface area (Å²) in [6.07, 6.45) is 3.70. The van der Waals surface area contributed by atoms with E-state index in [4.69, 9.17) is 0 Å². The molecule has 0 spiro atoms. The second-order valence-electron chi connectivity index (χ2n) is 10.9. The van der Waals surface area contributed by atoms with Crippen molar-refractivity contribution in [1.29, 1.82) is 0 Å². The van der Waals surface area contributed by atoms with E-state index in [0.29, 0.717) is 0 Å². The molecule has 0 radical (unpaired) electrons. The third-order valence-electron chi connectivity index (χ3n) is 8.48. The highest BCUT2D eigenvalue weighted by molar-refractivity contribution is 6.23. The SMILES string of the molecule is CC1(C)c2ccccc2-c2c3c1cccc3cc1c3ccccc3n(-c3ccc(-c4ccncc4)cc3)c21. The van der Waals surface area contributed by atoms with E-state index in [-0.39, 0.29) is 5.41 Å². The van der Waals surface area contributed by atoms with E-state index in [0.717, 1.165) is 0 Å². The van der Waals surface area contributed by atoms with E-state index < -0.39 is 0 Å². The van der Waals surface area contributed by atoms with Crippen molar-refractivity contribution in [1.82, 2.24) is 9.55 Å². The van der Waals surface area contributed by atoms with Crippen LogP contribution in [0.1, 0.15) is 25.0 Å². The first kappa shape index (κ1) is 21.4. The molecule has 180 valence electrons. The Kier molecular flexibility index (Phi) is 4.31. The van der Waals surface area contributed by atoms with Gasteiger partial charge in [-0.25, -0.2) is 0 Å². The Hall–Kier alpha value is -4.69. The zero-order valence-electron chi connectivity index (χ0n) is 21.4. The predicted molar refractivity (Wildman–Crippen MR) is 159 cm³/mol. The van der Waals surface area contributed by atoms with Crippen LogP contribution in [0.4, 0.5) is 0 Å². The van der Waals surface area contributed by atoms with Gasteiger partial charge in [0.2, 0.25) is 0 Å². The smallest absolute Gasteiger partial charge is 0.0626 e. The molecule has 7 aromatic rings. The van der Waals surface area contributed by atoms with Gasteiger partial charge in [-0.3, -0.25) is 4.98 Å². The van der Waals surface area contributed by atoms with Crippen LogP contribution in [0.2, 0.25) is 0 Å². The number of hydrogen-bond acceptors (Lipinski definition) is 1. The van der Waals surface area contributed by atoms with Crippen molar-refractivity contribution in [2.45, 2.75) is 19.3 Å². The first-order valence-electron chi connectivity index (χ1n) is 13.2. The molecule has 0 saturated carbocycles. The Morgan fingerprint density at radius 1 is 0.632 bits per heavy atom. The first-order valence-corrected chi connectivity index (χ1v) is 13.2. The molecular formula is C36H26N2. The summed E-state index contributed by atoms with van der Waals surface area (Å²) in [7, 11) is 0. The van der Waals surface area contributed by atoms with Crippen LogP contribution in [0.5, 0.6) is 0 Å². The lowest BCUT2D eigenvalue weighted by atomic mass is 9.68. The highest BCUT2D eigenvalue weighted by Gasteiger charge is 2.35. The second-order valence-corrected chi connectivity index (χ2v) is 10.9. The molecule has 0 bridgehead atoms. The topological polar surface area (TPSA) is 17.8 Å². The number of rotatable bonds is 2. The Morgan fingerprint density at radius 3 is 2.18 bits per heavy atom. The monoisotopic (exact) mass is 486 g/mol. The molecule has 2 heteroatoms. The summed E-state index contributed by atoms with van der Waals surface area (Å²) in [6.45, 7) is 4.72. The highest BCUT2D eigenvalue weighted by Crippen LogP contribution is 2.52. The van der Waals surface area contributed by atoms with Gasteiger partial charge in [-0.05, 0) is 75.0 Å². The van der Waals surface area contributed by atoms with E-state index >= 15 is 0 Å². The lowest BCUT2D eigenvalue weighted by molar-refractivity contribution is 0.645. The largest absolute Gasteiger partial charge is 0.309 e. The van der Waals surface area contributed by atoms with Gasteiger partial charge in [0.15, 0.2) is 0 Å². The molecule has 0 amide bonds. The van der Waals surface area contributed by atoms with E-state index in [1.54, 1.807) is 0 Å². The van der Waals surface area contributed by atoms with E-state index in [1.165, 1.54) is 71.6 Å². The van der Waals surface area contributed by atoms with Crippen molar-refractivity contribution < 1.29 is 0 Å². The molecule has 1 aliphatic rings. The maximum atomic E-state index is 4.18. The molecule has 38 heavy (non-hydrogen) atoms. The van der Waals surface area contributed by atoms with Crippen molar-refractivity contribution >= 4 is 32.6 Å². The standard InChI is InChI=1S/C36H26N2/c1-36(2)30-11-5-3-10-28(30)34-33-25(8-7-12-31(33)36)22-29-27-9-4-6-13-32(27)38(35(29)34)26-16-14-23(15-17-26)24-18-20-37-21-19-24/h3-22H,1-2H3. The Balaban J connectivity index is 1.53. The summed E-state index contributed by atoms with van der Waals surface area (Å²) in [5.74, 6) is 0. The molecule has 0 saturated heterocycles. The van der Waals surface area contributed by atoms with E-state index in [9.17, 15) is 0 Å². The van der Waals surface area contributed by atoms with Gasteiger partial charge in [-0.2, -0.15) is 0 Å². The third-order valence-corrected chi connectivity index (χ3v) is 8.48. The molecule has 8 rings (SSSR count). The number of pyridine rings is 1. The van der Waals surface area contributed by atoms with Crippen LogP contribution in [0.25, 0.3) is 60.5 Å². The summed E-state index contributed by atoms with van der Waals surface area (Å²) in [4.78, 5) is 4.18. The Morgan fingerprint density at radius 2 is 1.34 bits per heavy atom. The van der Waals surface area contributed by atoms with Crippen LogP contribution in [-0.4, -0.2) is 9.55 Å². The molecule has 5 aromatic carbocycles. The van der Waals surface area contributed by atoms with Crippen molar-refractivity contribution in [3.05, 3.63) is 133 Å². The number of hydrogen-bond donors (Lipinski definition) is 0. The van der Waals surface area contributed by atoms with Gasteiger partial charge in [0.1, 0.15) is 0 Å². The zero-order chi connectivity index (χ0) is 25.4. The number of aromatic nitrogens is 2. The first-order chi connectivity index (χ1) is 18.6. The van der Waals surface area contributed by atoms with Crippen LogP contribution >= 0.6 is 0 Å². The third kappa shape index (κ3) is 2.80. The Labute approximate surface area is 221 Å². The minimum absolute atomic E-state index is 0.0696. The predicted octanol–water partition coefficient (Wildman–Crippen LogP) is 9.31. The summed E-state index contributed by atoms with van der Waals surface area (Å²) >= 11 is 0. The molecule has 0 fully saturated rings. The number of nitrogens with zero attached hydrogens (tertiary/aromatic N) is 2. The zero-order valence-corrected chi connectivity index (χ0v) is 21.4. The average molecular weight is 487 g/mol. The molecule has 1 aliphatic carbocycles. The van der Waals surface area contributed by atoms with Crippen molar-refractivity contribution in [2.24, 2.45) is 0 Å². The molecule has 2 heterocycles. The maximum Gasteiger partial charge on any atom is 0.0626 e. The normalized spacial score (nSPS) is 13.7.